The first-order chi connectivity index (χ1) is 13.7. The fourth-order valence-corrected chi connectivity index (χ4v) is 3.05. The number of anilines is 3. The van der Waals surface area contributed by atoms with Gasteiger partial charge in [-0.2, -0.15) is 0 Å². The fourth-order valence-electron chi connectivity index (χ4n) is 3.05. The van der Waals surface area contributed by atoms with Crippen molar-refractivity contribution < 1.29 is 14.3 Å². The molecule has 2 N–H and O–H groups in total. The normalized spacial score (nSPS) is 12.3. The van der Waals surface area contributed by atoms with Gasteiger partial charge in [-0.15, -0.1) is 0 Å². The summed E-state index contributed by atoms with van der Waals surface area (Å²) in [6, 6.07) is 16.8. The zero-order valence-electron chi connectivity index (χ0n) is 15.6. The minimum atomic E-state index is -0.217. The van der Waals surface area contributed by atoms with Crippen LogP contribution in [0.2, 0.25) is 0 Å². The van der Waals surface area contributed by atoms with Crippen LogP contribution in [0.3, 0.4) is 0 Å². The molecule has 142 valence electrons. The van der Waals surface area contributed by atoms with Crippen molar-refractivity contribution in [2.24, 2.45) is 0 Å². The number of nitrogens with one attached hydrogen (secondary N) is 2. The smallest absolute Gasteiger partial charge is 0.255 e. The SMILES string of the molecule is CCc1ccccc1Nc1cc(C(=O)Nc2ccc3c(c2)OCCO3)ccn1. The van der Waals surface area contributed by atoms with Crippen LogP contribution in [0.5, 0.6) is 11.5 Å². The van der Waals surface area contributed by atoms with E-state index in [2.05, 4.69) is 28.6 Å². The molecule has 2 aromatic carbocycles. The predicted octanol–water partition coefficient (Wildman–Crippen LogP) is 4.41. The first-order valence-electron chi connectivity index (χ1n) is 9.25. The van der Waals surface area contributed by atoms with Crippen molar-refractivity contribution in [3.05, 3.63) is 71.9 Å². The van der Waals surface area contributed by atoms with Gasteiger partial charge in [0, 0.05) is 29.2 Å². The minimum Gasteiger partial charge on any atom is -0.486 e. The number of fused-ring (bicyclic) bond motifs is 1. The summed E-state index contributed by atoms with van der Waals surface area (Å²) in [4.78, 5) is 17.0. The molecule has 0 spiro atoms. The summed E-state index contributed by atoms with van der Waals surface area (Å²) in [5, 5.41) is 6.19. The molecule has 0 unspecified atom stereocenters. The zero-order chi connectivity index (χ0) is 19.3. The minimum absolute atomic E-state index is 0.217. The van der Waals surface area contributed by atoms with Gasteiger partial charge in [0.15, 0.2) is 11.5 Å². The van der Waals surface area contributed by atoms with E-state index in [9.17, 15) is 4.79 Å². The van der Waals surface area contributed by atoms with Gasteiger partial charge in [0.25, 0.3) is 5.91 Å². The second-order valence-corrected chi connectivity index (χ2v) is 6.38. The highest BCUT2D eigenvalue weighted by molar-refractivity contribution is 6.04. The molecule has 1 amide bonds. The highest BCUT2D eigenvalue weighted by Crippen LogP contribution is 2.32. The molecule has 0 saturated carbocycles. The maximum atomic E-state index is 12.7. The molecule has 3 aromatic rings. The topological polar surface area (TPSA) is 72.5 Å². The van der Waals surface area contributed by atoms with Gasteiger partial charge in [-0.25, -0.2) is 4.98 Å². The molecule has 28 heavy (non-hydrogen) atoms. The largest absolute Gasteiger partial charge is 0.486 e. The number of nitrogens with zero attached hydrogens (tertiary/aromatic N) is 1. The Morgan fingerprint density at radius 1 is 1.04 bits per heavy atom. The average molecular weight is 375 g/mol. The van der Waals surface area contributed by atoms with Crippen LogP contribution in [0, 0.1) is 0 Å². The molecule has 2 heterocycles. The van der Waals surface area contributed by atoms with Crippen molar-refractivity contribution in [1.82, 2.24) is 4.98 Å². The summed E-state index contributed by atoms with van der Waals surface area (Å²) in [5.74, 6) is 1.73. The lowest BCUT2D eigenvalue weighted by Crippen LogP contribution is -2.16. The molecular weight excluding hydrogens is 354 g/mol. The quantitative estimate of drug-likeness (QED) is 0.691. The van der Waals surface area contributed by atoms with Crippen LogP contribution in [0.25, 0.3) is 0 Å². The highest BCUT2D eigenvalue weighted by Gasteiger charge is 2.14. The lowest BCUT2D eigenvalue weighted by atomic mass is 10.1. The molecule has 0 radical (unpaired) electrons. The third-order valence-corrected chi connectivity index (χ3v) is 4.48. The molecule has 6 heteroatoms. The van der Waals surface area contributed by atoms with Crippen molar-refractivity contribution in [3.63, 3.8) is 0 Å². The fraction of sp³-hybridized carbons (Fsp3) is 0.182. The molecule has 0 saturated heterocycles. The molecule has 6 nitrogen and oxygen atoms in total. The van der Waals surface area contributed by atoms with E-state index in [1.165, 1.54) is 5.56 Å². The van der Waals surface area contributed by atoms with Gasteiger partial charge in [0.05, 0.1) is 0 Å². The molecule has 0 atom stereocenters. The standard InChI is InChI=1S/C22H21N3O3/c1-2-15-5-3-4-6-18(15)25-21-13-16(9-10-23-21)22(26)24-17-7-8-19-20(14-17)28-12-11-27-19/h3-10,13-14H,2,11-12H2,1H3,(H,23,25)(H,24,26). The third kappa shape index (κ3) is 3.91. The number of amides is 1. The van der Waals surface area contributed by atoms with Crippen LogP contribution in [-0.2, 0) is 6.42 Å². The van der Waals surface area contributed by atoms with E-state index in [4.69, 9.17) is 9.47 Å². The second kappa shape index (κ2) is 8.00. The van der Waals surface area contributed by atoms with Crippen LogP contribution in [0.1, 0.15) is 22.8 Å². The molecule has 0 bridgehead atoms. The van der Waals surface area contributed by atoms with E-state index in [0.717, 1.165) is 12.1 Å². The van der Waals surface area contributed by atoms with Crippen LogP contribution in [-0.4, -0.2) is 24.1 Å². The number of carbonyl (C=O) groups is 1. The molecule has 1 aliphatic heterocycles. The Balaban J connectivity index is 1.50. The Labute approximate surface area is 163 Å². The number of ether oxygens (including phenoxy) is 2. The van der Waals surface area contributed by atoms with E-state index in [0.29, 0.717) is 41.8 Å². The van der Waals surface area contributed by atoms with Gasteiger partial charge in [-0.1, -0.05) is 25.1 Å². The third-order valence-electron chi connectivity index (χ3n) is 4.48. The zero-order valence-corrected chi connectivity index (χ0v) is 15.6. The van der Waals surface area contributed by atoms with Gasteiger partial charge < -0.3 is 20.1 Å². The lowest BCUT2D eigenvalue weighted by molar-refractivity contribution is 0.102. The summed E-state index contributed by atoms with van der Waals surface area (Å²) in [6.45, 7) is 3.14. The maximum absolute atomic E-state index is 12.7. The van der Waals surface area contributed by atoms with Crippen LogP contribution < -0.4 is 20.1 Å². The Morgan fingerprint density at radius 2 is 1.86 bits per heavy atom. The summed E-state index contributed by atoms with van der Waals surface area (Å²) in [6.07, 6.45) is 2.53. The first-order valence-corrected chi connectivity index (χ1v) is 9.25. The lowest BCUT2D eigenvalue weighted by Gasteiger charge is -2.19. The molecular formula is C22H21N3O3. The van der Waals surface area contributed by atoms with E-state index in [1.54, 1.807) is 36.5 Å². The predicted molar refractivity (Wildman–Crippen MR) is 109 cm³/mol. The number of benzene rings is 2. The second-order valence-electron chi connectivity index (χ2n) is 6.38. The van der Waals surface area contributed by atoms with E-state index >= 15 is 0 Å². The van der Waals surface area contributed by atoms with Gasteiger partial charge in [-0.05, 0) is 42.3 Å². The van der Waals surface area contributed by atoms with Gasteiger partial charge >= 0.3 is 0 Å². The number of rotatable bonds is 5. The van der Waals surface area contributed by atoms with Gasteiger partial charge in [0.1, 0.15) is 19.0 Å². The number of carbonyl (C=O) groups excluding carboxylic acids is 1. The van der Waals surface area contributed by atoms with E-state index in [1.807, 2.05) is 18.2 Å². The molecule has 4 rings (SSSR count). The highest BCUT2D eigenvalue weighted by atomic mass is 16.6. The number of aryl methyl sites for hydroxylation is 1. The van der Waals surface area contributed by atoms with Crippen molar-refractivity contribution in [1.29, 1.82) is 0 Å². The number of para-hydroxylation sites is 1. The van der Waals surface area contributed by atoms with Gasteiger partial charge in [-0.3, -0.25) is 4.79 Å². The number of hydrogen-bond acceptors (Lipinski definition) is 5. The van der Waals surface area contributed by atoms with E-state index in [-0.39, 0.29) is 5.91 Å². The summed E-state index contributed by atoms with van der Waals surface area (Å²) in [5.41, 5.74) is 3.34. The average Bonchev–Trinajstić information content (AvgIpc) is 2.74. The Hall–Kier alpha value is -3.54. The van der Waals surface area contributed by atoms with Crippen molar-refractivity contribution in [3.8, 4) is 11.5 Å². The van der Waals surface area contributed by atoms with Gasteiger partial charge in [0.2, 0.25) is 0 Å². The molecule has 1 aliphatic rings. The Morgan fingerprint density at radius 3 is 2.71 bits per heavy atom. The van der Waals surface area contributed by atoms with Crippen LogP contribution in [0.15, 0.2) is 60.8 Å². The Bertz CT molecular complexity index is 1000. The van der Waals surface area contributed by atoms with Crippen molar-refractivity contribution >= 4 is 23.1 Å². The Kier molecular flexibility index (Phi) is 5.10. The first kappa shape index (κ1) is 17.9. The van der Waals surface area contributed by atoms with Crippen molar-refractivity contribution in [2.45, 2.75) is 13.3 Å². The van der Waals surface area contributed by atoms with E-state index < -0.39 is 0 Å². The number of hydrogen-bond donors (Lipinski definition) is 2. The molecule has 1 aromatic heterocycles. The molecule has 0 aliphatic carbocycles. The summed E-state index contributed by atoms with van der Waals surface area (Å²) >= 11 is 0. The molecule has 0 fully saturated rings. The van der Waals surface area contributed by atoms with Crippen molar-refractivity contribution in [2.75, 3.05) is 23.8 Å². The monoisotopic (exact) mass is 375 g/mol. The number of aromatic nitrogens is 1. The van der Waals surface area contributed by atoms with Crippen LogP contribution >= 0.6 is 0 Å². The number of pyridine rings is 1. The summed E-state index contributed by atoms with van der Waals surface area (Å²) in [7, 11) is 0. The summed E-state index contributed by atoms with van der Waals surface area (Å²) < 4.78 is 11.1. The maximum Gasteiger partial charge on any atom is 0.255 e. The van der Waals surface area contributed by atoms with Crippen LogP contribution in [0.4, 0.5) is 17.2 Å².